The Balaban J connectivity index is 3.51. The smallest absolute Gasteiger partial charge is 0.303 e. The summed E-state index contributed by atoms with van der Waals surface area (Å²) in [5.74, 6) is -0.886. The third kappa shape index (κ3) is 5.54. The summed E-state index contributed by atoms with van der Waals surface area (Å²) in [5, 5.41) is 11.1. The highest BCUT2D eigenvalue weighted by atomic mass is 16.4. The Hall–Kier alpha value is -0.900. The molecule has 0 aromatic heterocycles. The lowest BCUT2D eigenvalue weighted by atomic mass is 10.2. The number of rotatable bonds is 6. The molecule has 0 aliphatic carbocycles. The second kappa shape index (κ2) is 5.85. The van der Waals surface area contributed by atoms with Crippen LogP contribution in [0.15, 0.2) is 0 Å². The summed E-state index contributed by atoms with van der Waals surface area (Å²) in [6.45, 7) is 2.50. The van der Waals surface area contributed by atoms with Crippen molar-refractivity contribution in [2.24, 2.45) is 0 Å². The maximum atomic E-state index is 10.1. The molecule has 1 atom stereocenters. The van der Waals surface area contributed by atoms with Crippen LogP contribution < -0.4 is 5.32 Å². The van der Waals surface area contributed by atoms with E-state index in [-0.39, 0.29) is 6.42 Å². The predicted molar refractivity (Wildman–Crippen MR) is 40.0 cm³/mol. The molecule has 4 nitrogen and oxygen atoms in total. The normalized spacial score (nSPS) is 12.5. The summed E-state index contributed by atoms with van der Waals surface area (Å²) in [4.78, 5) is 20.2. The Morgan fingerprint density at radius 3 is 2.73 bits per heavy atom. The summed E-state index contributed by atoms with van der Waals surface area (Å²) in [6, 6.07) is -0.434. The van der Waals surface area contributed by atoms with E-state index >= 15 is 0 Å². The van der Waals surface area contributed by atoms with E-state index in [2.05, 4.69) is 5.32 Å². The Morgan fingerprint density at radius 2 is 2.36 bits per heavy atom. The lowest BCUT2D eigenvalue weighted by molar-refractivity contribution is -0.137. The Bertz CT molecular complexity index is 136. The van der Waals surface area contributed by atoms with Gasteiger partial charge in [0.15, 0.2) is 0 Å². The molecule has 0 spiro atoms. The van der Waals surface area contributed by atoms with Gasteiger partial charge in [0.25, 0.3) is 0 Å². The van der Waals surface area contributed by atoms with E-state index < -0.39 is 12.0 Å². The molecule has 0 unspecified atom stereocenters. The van der Waals surface area contributed by atoms with Crippen LogP contribution in [0, 0.1) is 0 Å². The molecule has 0 aliphatic rings. The van der Waals surface area contributed by atoms with E-state index in [1.807, 2.05) is 6.92 Å². The maximum absolute atomic E-state index is 10.1. The van der Waals surface area contributed by atoms with Gasteiger partial charge in [0, 0.05) is 6.42 Å². The van der Waals surface area contributed by atoms with Crippen molar-refractivity contribution < 1.29 is 14.7 Å². The highest BCUT2D eigenvalue weighted by molar-refractivity contribution is 5.68. The molecule has 11 heavy (non-hydrogen) atoms. The van der Waals surface area contributed by atoms with Crippen LogP contribution in [-0.4, -0.2) is 29.9 Å². The summed E-state index contributed by atoms with van der Waals surface area (Å²) in [7, 11) is 0. The number of hydrogen-bond donors (Lipinski definition) is 2. The second-order valence-electron chi connectivity index (χ2n) is 2.16. The highest BCUT2D eigenvalue weighted by Crippen LogP contribution is 1.93. The number of nitrogens with one attached hydrogen (secondary N) is 1. The van der Waals surface area contributed by atoms with Gasteiger partial charge in [-0.3, -0.25) is 9.59 Å². The highest BCUT2D eigenvalue weighted by Gasteiger charge is 2.07. The van der Waals surface area contributed by atoms with E-state index in [0.717, 1.165) is 0 Å². The van der Waals surface area contributed by atoms with E-state index in [0.29, 0.717) is 13.0 Å². The van der Waals surface area contributed by atoms with Gasteiger partial charge in [-0.15, -0.1) is 0 Å². The van der Waals surface area contributed by atoms with Crippen LogP contribution in [0.4, 0.5) is 0 Å². The van der Waals surface area contributed by atoms with Gasteiger partial charge in [0.1, 0.15) is 0 Å². The lowest BCUT2D eigenvalue weighted by Gasteiger charge is -2.06. The van der Waals surface area contributed by atoms with Crippen molar-refractivity contribution in [2.75, 3.05) is 6.54 Å². The van der Waals surface area contributed by atoms with E-state index in [4.69, 9.17) is 5.11 Å². The Kier molecular flexibility index (Phi) is 5.37. The van der Waals surface area contributed by atoms with Gasteiger partial charge in [0.2, 0.25) is 6.29 Å². The molecule has 0 amide bonds. The maximum Gasteiger partial charge on any atom is 0.303 e. The molecule has 0 heterocycles. The molecule has 0 aromatic rings. The Labute approximate surface area is 65.6 Å². The molecule has 1 radical (unpaired) electrons. The van der Waals surface area contributed by atoms with Gasteiger partial charge < -0.3 is 10.4 Å². The van der Waals surface area contributed by atoms with Crippen molar-refractivity contribution in [3.8, 4) is 0 Å². The fraction of sp³-hybridized carbons (Fsp3) is 0.714. The average Bonchev–Trinajstić information content (AvgIpc) is 1.97. The molecule has 0 aliphatic heterocycles. The van der Waals surface area contributed by atoms with Crippen LogP contribution in [0.25, 0.3) is 0 Å². The number of carboxylic acid groups (broad SMARTS) is 1. The monoisotopic (exact) mass is 158 g/mol. The summed E-state index contributed by atoms with van der Waals surface area (Å²) in [5.41, 5.74) is 0. The van der Waals surface area contributed by atoms with Crippen molar-refractivity contribution in [1.29, 1.82) is 0 Å². The molecule has 0 fully saturated rings. The van der Waals surface area contributed by atoms with Crippen LogP contribution in [-0.2, 0) is 9.59 Å². The van der Waals surface area contributed by atoms with E-state index in [9.17, 15) is 9.59 Å². The number of hydrogen-bond acceptors (Lipinski definition) is 3. The first-order valence-corrected chi connectivity index (χ1v) is 3.53. The van der Waals surface area contributed by atoms with Gasteiger partial charge in [-0.2, -0.15) is 0 Å². The standard InChI is InChI=1S/C7H12NO3/c1-2-8-6(5-9)3-4-7(10)11/h6,8H,2-4H2,1H3,(H,10,11)/t6-/m0/s1. The van der Waals surface area contributed by atoms with E-state index in [1.54, 1.807) is 6.29 Å². The second-order valence-corrected chi connectivity index (χ2v) is 2.16. The van der Waals surface area contributed by atoms with Crippen LogP contribution in [0.2, 0.25) is 0 Å². The zero-order chi connectivity index (χ0) is 8.69. The van der Waals surface area contributed by atoms with Crippen LogP contribution in [0.3, 0.4) is 0 Å². The molecule has 2 N–H and O–H groups in total. The quantitative estimate of drug-likeness (QED) is 0.568. The minimum absolute atomic E-state index is 0.00685. The number of carbonyl (C=O) groups is 1. The van der Waals surface area contributed by atoms with Crippen molar-refractivity contribution in [3.63, 3.8) is 0 Å². The van der Waals surface area contributed by atoms with Gasteiger partial charge in [0.05, 0.1) is 6.04 Å². The first-order chi connectivity index (χ1) is 5.20. The number of carbonyl (C=O) groups excluding carboxylic acids is 1. The van der Waals surface area contributed by atoms with Gasteiger partial charge in [-0.25, -0.2) is 0 Å². The summed E-state index contributed by atoms with van der Waals surface area (Å²) < 4.78 is 0. The first kappa shape index (κ1) is 10.1. The van der Waals surface area contributed by atoms with Gasteiger partial charge in [-0.1, -0.05) is 6.92 Å². The zero-order valence-electron chi connectivity index (χ0n) is 6.46. The fourth-order valence-electron chi connectivity index (χ4n) is 0.717. The average molecular weight is 158 g/mol. The Morgan fingerprint density at radius 1 is 1.73 bits per heavy atom. The van der Waals surface area contributed by atoms with Crippen LogP contribution >= 0.6 is 0 Å². The molecular formula is C7H12NO3. The number of carboxylic acids is 1. The van der Waals surface area contributed by atoms with Crippen molar-refractivity contribution in [3.05, 3.63) is 0 Å². The summed E-state index contributed by atoms with van der Waals surface area (Å²) in [6.07, 6.45) is 2.05. The largest absolute Gasteiger partial charge is 0.481 e. The molecule has 63 valence electrons. The van der Waals surface area contributed by atoms with Gasteiger partial charge in [-0.05, 0) is 13.0 Å². The molecule has 0 bridgehead atoms. The zero-order valence-corrected chi connectivity index (χ0v) is 6.46. The van der Waals surface area contributed by atoms with Crippen molar-refractivity contribution >= 4 is 12.3 Å². The molecule has 0 saturated heterocycles. The molecule has 0 rings (SSSR count). The molecular weight excluding hydrogens is 146 g/mol. The number of likely N-dealkylation sites (N-methyl/N-ethyl adjacent to an activating group) is 1. The molecule has 0 saturated carbocycles. The van der Waals surface area contributed by atoms with E-state index in [1.165, 1.54) is 0 Å². The molecule has 4 heteroatoms. The SMILES string of the molecule is CCN[C@H]([C]=O)CCC(=O)O. The topological polar surface area (TPSA) is 66.4 Å². The van der Waals surface area contributed by atoms with Crippen LogP contribution in [0.5, 0.6) is 0 Å². The number of aliphatic carboxylic acids is 1. The minimum Gasteiger partial charge on any atom is -0.481 e. The fourth-order valence-corrected chi connectivity index (χ4v) is 0.717. The first-order valence-electron chi connectivity index (χ1n) is 3.53. The summed E-state index contributed by atoms with van der Waals surface area (Å²) >= 11 is 0. The van der Waals surface area contributed by atoms with Crippen LogP contribution in [0.1, 0.15) is 19.8 Å². The molecule has 0 aromatic carbocycles. The third-order valence-electron chi connectivity index (χ3n) is 1.24. The van der Waals surface area contributed by atoms with Crippen molar-refractivity contribution in [1.82, 2.24) is 5.32 Å². The van der Waals surface area contributed by atoms with Gasteiger partial charge >= 0.3 is 5.97 Å². The lowest BCUT2D eigenvalue weighted by Crippen LogP contribution is -2.30. The third-order valence-corrected chi connectivity index (χ3v) is 1.24. The van der Waals surface area contributed by atoms with Crippen molar-refractivity contribution in [2.45, 2.75) is 25.8 Å². The predicted octanol–water partition coefficient (Wildman–Crippen LogP) is -0.0610. The minimum atomic E-state index is -0.886.